The number of ketones is 1. The number of hydrogen-bond acceptors (Lipinski definition) is 6. The first kappa shape index (κ1) is 14.1. The molecule has 0 amide bonds. The van der Waals surface area contributed by atoms with E-state index in [1.54, 1.807) is 14.2 Å². The van der Waals surface area contributed by atoms with E-state index in [4.69, 9.17) is 15.2 Å². The number of ether oxygens (including phenoxy) is 2. The highest BCUT2D eigenvalue weighted by molar-refractivity contribution is 7.19. The Bertz CT molecular complexity index is 465. The lowest BCUT2D eigenvalue weighted by Crippen LogP contribution is -2.36. The normalized spacial score (nSPS) is 16.7. The van der Waals surface area contributed by atoms with E-state index in [0.717, 1.165) is 30.9 Å². The lowest BCUT2D eigenvalue weighted by Gasteiger charge is -2.32. The number of methoxy groups -OCH3 is 2. The maximum atomic E-state index is 11.6. The van der Waals surface area contributed by atoms with Crippen molar-refractivity contribution in [2.75, 3.05) is 37.9 Å². The Morgan fingerprint density at radius 3 is 2.47 bits per heavy atom. The predicted molar refractivity (Wildman–Crippen MR) is 77.5 cm³/mol. The SMILES string of the molecule is COc1c(N2CCC(OC)CC2)sc(C(C)=O)c1N. The lowest BCUT2D eigenvalue weighted by molar-refractivity contribution is 0.0819. The largest absolute Gasteiger partial charge is 0.492 e. The van der Waals surface area contributed by atoms with E-state index >= 15 is 0 Å². The van der Waals surface area contributed by atoms with Crippen LogP contribution in [-0.2, 0) is 4.74 Å². The molecule has 1 aromatic rings. The van der Waals surface area contributed by atoms with E-state index in [0.29, 0.717) is 22.4 Å². The Hall–Kier alpha value is -1.27. The second-order valence-corrected chi connectivity index (χ2v) is 5.66. The Labute approximate surface area is 117 Å². The van der Waals surface area contributed by atoms with Gasteiger partial charge in [-0.2, -0.15) is 0 Å². The third-order valence-corrected chi connectivity index (χ3v) is 4.82. The average molecular weight is 284 g/mol. The van der Waals surface area contributed by atoms with Crippen LogP contribution in [0.5, 0.6) is 5.75 Å². The molecule has 0 unspecified atom stereocenters. The monoisotopic (exact) mass is 284 g/mol. The molecule has 19 heavy (non-hydrogen) atoms. The minimum atomic E-state index is -0.0150. The number of nitrogens with two attached hydrogens (primary N) is 1. The lowest BCUT2D eigenvalue weighted by atomic mass is 10.1. The van der Waals surface area contributed by atoms with Crippen molar-refractivity contribution in [3.8, 4) is 5.75 Å². The van der Waals surface area contributed by atoms with Gasteiger partial charge in [-0.1, -0.05) is 0 Å². The maximum absolute atomic E-state index is 11.6. The van der Waals surface area contributed by atoms with Gasteiger partial charge >= 0.3 is 0 Å². The van der Waals surface area contributed by atoms with Gasteiger partial charge in [-0.05, 0) is 12.8 Å². The Balaban J connectivity index is 2.25. The molecule has 0 aliphatic carbocycles. The van der Waals surface area contributed by atoms with Gasteiger partial charge in [0.2, 0.25) is 0 Å². The smallest absolute Gasteiger partial charge is 0.177 e. The fourth-order valence-corrected chi connectivity index (χ4v) is 3.52. The third kappa shape index (κ3) is 2.69. The minimum absolute atomic E-state index is 0.0150. The van der Waals surface area contributed by atoms with Crippen LogP contribution in [0.4, 0.5) is 10.7 Å². The fourth-order valence-electron chi connectivity index (χ4n) is 2.38. The number of piperidine rings is 1. The van der Waals surface area contributed by atoms with Gasteiger partial charge in [0.15, 0.2) is 11.5 Å². The van der Waals surface area contributed by atoms with Crippen molar-refractivity contribution in [1.82, 2.24) is 0 Å². The quantitative estimate of drug-likeness (QED) is 0.858. The Kier molecular flexibility index (Phi) is 4.31. The molecular weight excluding hydrogens is 264 g/mol. The first-order chi connectivity index (χ1) is 9.08. The number of Topliss-reactive ketones (excluding diaryl/α,β-unsaturated/α-hetero) is 1. The van der Waals surface area contributed by atoms with Crippen LogP contribution in [0, 0.1) is 0 Å². The molecule has 1 aliphatic heterocycles. The van der Waals surface area contributed by atoms with Crippen LogP contribution in [-0.4, -0.2) is 39.2 Å². The number of hydrogen-bond donors (Lipinski definition) is 1. The topological polar surface area (TPSA) is 64.8 Å². The number of nitrogens with zero attached hydrogens (tertiary/aromatic N) is 1. The summed E-state index contributed by atoms with van der Waals surface area (Å²) in [5.74, 6) is 0.616. The van der Waals surface area contributed by atoms with Crippen molar-refractivity contribution in [3.05, 3.63) is 4.88 Å². The van der Waals surface area contributed by atoms with Crippen molar-refractivity contribution in [2.24, 2.45) is 0 Å². The van der Waals surface area contributed by atoms with Gasteiger partial charge in [0, 0.05) is 27.1 Å². The summed E-state index contributed by atoms with van der Waals surface area (Å²) in [6.45, 7) is 3.32. The van der Waals surface area contributed by atoms with E-state index in [9.17, 15) is 4.79 Å². The van der Waals surface area contributed by atoms with Gasteiger partial charge in [0.1, 0.15) is 5.00 Å². The van der Waals surface area contributed by atoms with E-state index < -0.39 is 0 Å². The van der Waals surface area contributed by atoms with Crippen LogP contribution >= 0.6 is 11.3 Å². The van der Waals surface area contributed by atoms with Gasteiger partial charge in [-0.15, -0.1) is 11.3 Å². The molecular formula is C13H20N2O3S. The van der Waals surface area contributed by atoms with E-state index in [2.05, 4.69) is 4.90 Å². The number of anilines is 2. The van der Waals surface area contributed by atoms with Gasteiger partial charge in [-0.3, -0.25) is 4.79 Å². The molecule has 0 saturated carbocycles. The highest BCUT2D eigenvalue weighted by Gasteiger charge is 2.26. The standard InChI is InChI=1S/C13H20N2O3S/c1-8(16)12-10(14)11(18-3)13(19-12)15-6-4-9(17-2)5-7-15/h9H,4-7,14H2,1-3H3. The Morgan fingerprint density at radius 1 is 1.37 bits per heavy atom. The summed E-state index contributed by atoms with van der Waals surface area (Å²) in [5.41, 5.74) is 6.45. The molecule has 2 N–H and O–H groups in total. The molecule has 106 valence electrons. The molecule has 0 bridgehead atoms. The summed E-state index contributed by atoms with van der Waals surface area (Å²) in [6.07, 6.45) is 2.28. The number of carbonyl (C=O) groups excluding carboxylic acids is 1. The number of nitrogen functional groups attached to an aromatic ring is 1. The number of thiophene rings is 1. The van der Waals surface area contributed by atoms with Crippen LogP contribution in [0.3, 0.4) is 0 Å². The zero-order chi connectivity index (χ0) is 14.0. The van der Waals surface area contributed by atoms with Gasteiger partial charge in [0.05, 0.1) is 23.8 Å². The van der Waals surface area contributed by atoms with E-state index in [1.165, 1.54) is 18.3 Å². The first-order valence-electron chi connectivity index (χ1n) is 6.33. The highest BCUT2D eigenvalue weighted by Crippen LogP contribution is 2.45. The highest BCUT2D eigenvalue weighted by atomic mass is 32.1. The molecule has 1 fully saturated rings. The zero-order valence-corrected chi connectivity index (χ0v) is 12.4. The Morgan fingerprint density at radius 2 is 2.00 bits per heavy atom. The molecule has 0 radical (unpaired) electrons. The van der Waals surface area contributed by atoms with Crippen molar-refractivity contribution in [1.29, 1.82) is 0 Å². The summed E-state index contributed by atoms with van der Waals surface area (Å²) >= 11 is 1.42. The fraction of sp³-hybridized carbons (Fsp3) is 0.615. The predicted octanol–water partition coefficient (Wildman–Crippen LogP) is 2.16. The number of carbonyl (C=O) groups is 1. The molecule has 5 nitrogen and oxygen atoms in total. The van der Waals surface area contributed by atoms with Crippen LogP contribution in [0.25, 0.3) is 0 Å². The molecule has 6 heteroatoms. The summed E-state index contributed by atoms with van der Waals surface area (Å²) in [6, 6.07) is 0. The summed E-state index contributed by atoms with van der Waals surface area (Å²) < 4.78 is 10.7. The molecule has 0 spiro atoms. The molecule has 0 atom stereocenters. The van der Waals surface area contributed by atoms with Crippen LogP contribution < -0.4 is 15.4 Å². The molecule has 1 aliphatic rings. The molecule has 1 saturated heterocycles. The summed E-state index contributed by atoms with van der Waals surface area (Å²) in [7, 11) is 3.34. The summed E-state index contributed by atoms with van der Waals surface area (Å²) in [4.78, 5) is 14.4. The second kappa shape index (κ2) is 5.79. The average Bonchev–Trinajstić information content (AvgIpc) is 2.76. The first-order valence-corrected chi connectivity index (χ1v) is 7.15. The second-order valence-electron chi connectivity index (χ2n) is 4.66. The molecule has 2 heterocycles. The molecule has 1 aromatic heterocycles. The van der Waals surface area contributed by atoms with Crippen LogP contribution in [0.2, 0.25) is 0 Å². The van der Waals surface area contributed by atoms with Crippen LogP contribution in [0.15, 0.2) is 0 Å². The minimum Gasteiger partial charge on any atom is -0.492 e. The molecule has 0 aromatic carbocycles. The summed E-state index contributed by atoms with van der Waals surface area (Å²) in [5, 5.41) is 0.958. The van der Waals surface area contributed by atoms with Crippen LogP contribution in [0.1, 0.15) is 29.4 Å². The maximum Gasteiger partial charge on any atom is 0.177 e. The van der Waals surface area contributed by atoms with Gasteiger partial charge in [-0.25, -0.2) is 0 Å². The number of rotatable bonds is 4. The van der Waals surface area contributed by atoms with Crippen molar-refractivity contribution in [3.63, 3.8) is 0 Å². The van der Waals surface area contributed by atoms with E-state index in [1.807, 2.05) is 0 Å². The van der Waals surface area contributed by atoms with Gasteiger partial charge < -0.3 is 20.1 Å². The van der Waals surface area contributed by atoms with Crippen molar-refractivity contribution in [2.45, 2.75) is 25.9 Å². The van der Waals surface area contributed by atoms with Gasteiger partial charge in [0.25, 0.3) is 0 Å². The van der Waals surface area contributed by atoms with Crippen molar-refractivity contribution >= 4 is 27.8 Å². The van der Waals surface area contributed by atoms with Crippen molar-refractivity contribution < 1.29 is 14.3 Å². The van der Waals surface area contributed by atoms with E-state index in [-0.39, 0.29) is 5.78 Å². The third-order valence-electron chi connectivity index (χ3n) is 3.47. The zero-order valence-electron chi connectivity index (χ0n) is 11.6. The molecule has 2 rings (SSSR count).